The van der Waals surface area contributed by atoms with Crippen LogP contribution in [0.15, 0.2) is 48.9 Å². The number of nitrogens with one attached hydrogen (secondary N) is 1. The molecule has 0 fully saturated rings. The van der Waals surface area contributed by atoms with Crippen molar-refractivity contribution >= 4 is 5.71 Å². The molecule has 2 heterocycles. The first kappa shape index (κ1) is 17.2. The van der Waals surface area contributed by atoms with Crippen LogP contribution in [0.4, 0.5) is 8.78 Å². The summed E-state index contributed by atoms with van der Waals surface area (Å²) in [4.78, 5) is 7.37. The molecule has 0 bridgehead atoms. The van der Waals surface area contributed by atoms with E-state index in [0.29, 0.717) is 11.8 Å². The van der Waals surface area contributed by atoms with Crippen molar-refractivity contribution in [3.63, 3.8) is 0 Å². The molecule has 3 N–H and O–H groups in total. The van der Waals surface area contributed by atoms with Gasteiger partial charge in [-0.05, 0) is 18.2 Å². The van der Waals surface area contributed by atoms with Gasteiger partial charge in [-0.3, -0.25) is 10.1 Å². The smallest absolute Gasteiger partial charge is 0.251 e. The summed E-state index contributed by atoms with van der Waals surface area (Å²) >= 11 is 0. The third-order valence-electron chi connectivity index (χ3n) is 3.53. The Morgan fingerprint density at radius 1 is 1.23 bits per heavy atom. The highest BCUT2D eigenvalue weighted by Crippen LogP contribution is 2.21. The molecule has 9 heteroatoms. The zero-order valence-corrected chi connectivity index (χ0v) is 13.3. The maximum Gasteiger partial charge on any atom is 0.251 e. The number of rotatable bonds is 5. The fourth-order valence-corrected chi connectivity index (χ4v) is 2.29. The second-order valence-corrected chi connectivity index (χ2v) is 5.26. The summed E-state index contributed by atoms with van der Waals surface area (Å²) < 4.78 is 28.4. The van der Waals surface area contributed by atoms with Crippen LogP contribution < -0.4 is 0 Å². The maximum absolute atomic E-state index is 13.9. The van der Waals surface area contributed by atoms with Gasteiger partial charge in [-0.2, -0.15) is 14.5 Å². The summed E-state index contributed by atoms with van der Waals surface area (Å²) in [5.41, 5.74) is 0.657. The largest absolute Gasteiger partial charge is 0.516 e. The summed E-state index contributed by atoms with van der Waals surface area (Å²) in [7, 11) is 0. The van der Waals surface area contributed by atoms with E-state index < -0.39 is 17.5 Å². The molecular weight excluding hydrogens is 344 g/mol. The average molecular weight is 357 g/mol. The number of nitrogens with zero attached hydrogens (tertiary/aromatic N) is 4. The molecule has 0 aliphatic carbocycles. The minimum Gasteiger partial charge on any atom is -0.516 e. The lowest BCUT2D eigenvalue weighted by Crippen LogP contribution is -2.11. The lowest BCUT2D eigenvalue weighted by atomic mass is 10.2. The van der Waals surface area contributed by atoms with Gasteiger partial charge in [0.15, 0.2) is 5.82 Å². The van der Waals surface area contributed by atoms with Crippen molar-refractivity contribution in [2.75, 3.05) is 0 Å². The number of allylic oxidation sites excluding steroid dienone is 1. The summed E-state index contributed by atoms with van der Waals surface area (Å²) in [5, 5.41) is 30.5. The number of aliphatic hydroxyl groups excluding tert-OH is 1. The lowest BCUT2D eigenvalue weighted by molar-refractivity contribution is 0.409. The Kier molecular flexibility index (Phi) is 4.70. The van der Waals surface area contributed by atoms with Crippen molar-refractivity contribution in [2.45, 2.75) is 6.54 Å². The van der Waals surface area contributed by atoms with E-state index >= 15 is 0 Å². The monoisotopic (exact) mass is 357 g/mol. The van der Waals surface area contributed by atoms with Gasteiger partial charge in [0.1, 0.15) is 11.5 Å². The Bertz CT molecular complexity index is 1000. The van der Waals surface area contributed by atoms with Crippen LogP contribution in [0.3, 0.4) is 0 Å². The first-order valence-electron chi connectivity index (χ1n) is 7.42. The van der Waals surface area contributed by atoms with Gasteiger partial charge < -0.3 is 10.2 Å². The van der Waals surface area contributed by atoms with E-state index in [9.17, 15) is 13.9 Å². The Hall–Kier alpha value is -3.62. The fourth-order valence-electron chi connectivity index (χ4n) is 2.29. The second kappa shape index (κ2) is 7.09. The molecule has 26 heavy (non-hydrogen) atoms. The molecule has 2 aromatic heterocycles. The first-order valence-corrected chi connectivity index (χ1v) is 7.42. The molecule has 3 aromatic rings. The molecule has 0 atom stereocenters. The van der Waals surface area contributed by atoms with Crippen LogP contribution in [0.2, 0.25) is 0 Å². The highest BCUT2D eigenvalue weighted by molar-refractivity contribution is 6.05. The van der Waals surface area contributed by atoms with Crippen LogP contribution in [-0.4, -0.2) is 35.7 Å². The van der Waals surface area contributed by atoms with E-state index in [1.807, 2.05) is 0 Å². The fraction of sp³-hybridized carbons (Fsp3) is 0.0588. The van der Waals surface area contributed by atoms with Gasteiger partial charge in [0.2, 0.25) is 5.82 Å². The van der Waals surface area contributed by atoms with Crippen molar-refractivity contribution in [2.24, 2.45) is 0 Å². The van der Waals surface area contributed by atoms with Gasteiger partial charge in [-0.1, -0.05) is 18.2 Å². The molecule has 0 amide bonds. The molecule has 0 aliphatic heterocycles. The number of aromatic nitrogens is 4. The molecule has 0 saturated heterocycles. The SMILES string of the molecule is N=C(/C=C\O)c1cc(-c2ncc(F)c(O)n2)nn1Cc1ccccc1F. The van der Waals surface area contributed by atoms with Crippen molar-refractivity contribution in [1.82, 2.24) is 19.7 Å². The summed E-state index contributed by atoms with van der Waals surface area (Å²) in [6.45, 7) is 0.0107. The predicted octanol–water partition coefficient (Wildman–Crippen LogP) is 2.81. The maximum atomic E-state index is 13.9. The zero-order valence-electron chi connectivity index (χ0n) is 13.3. The van der Waals surface area contributed by atoms with Crippen LogP contribution >= 0.6 is 0 Å². The van der Waals surface area contributed by atoms with Crippen LogP contribution in [0.1, 0.15) is 11.3 Å². The predicted molar refractivity (Wildman–Crippen MR) is 89.0 cm³/mol. The number of aliphatic hydroxyl groups is 1. The van der Waals surface area contributed by atoms with Crippen LogP contribution in [-0.2, 0) is 6.54 Å². The zero-order chi connectivity index (χ0) is 18.7. The van der Waals surface area contributed by atoms with Gasteiger partial charge in [0, 0.05) is 5.56 Å². The molecule has 0 radical (unpaired) electrons. The number of hydrogen-bond donors (Lipinski definition) is 3. The van der Waals surface area contributed by atoms with Crippen molar-refractivity contribution in [3.05, 3.63) is 71.8 Å². The average Bonchev–Trinajstić information content (AvgIpc) is 3.03. The minimum atomic E-state index is -0.976. The molecule has 0 saturated carbocycles. The van der Waals surface area contributed by atoms with E-state index in [1.54, 1.807) is 18.2 Å². The number of benzene rings is 1. The van der Waals surface area contributed by atoms with E-state index in [-0.39, 0.29) is 29.5 Å². The van der Waals surface area contributed by atoms with Gasteiger partial charge in [0.05, 0.1) is 30.4 Å². The Balaban J connectivity index is 2.07. The molecule has 0 unspecified atom stereocenters. The van der Waals surface area contributed by atoms with Crippen LogP contribution in [0, 0.1) is 17.0 Å². The van der Waals surface area contributed by atoms with Crippen molar-refractivity contribution < 1.29 is 19.0 Å². The topological polar surface area (TPSA) is 108 Å². The van der Waals surface area contributed by atoms with Crippen molar-refractivity contribution in [1.29, 1.82) is 5.41 Å². The van der Waals surface area contributed by atoms with Gasteiger partial charge in [0.25, 0.3) is 5.88 Å². The van der Waals surface area contributed by atoms with Gasteiger partial charge in [-0.25, -0.2) is 9.37 Å². The quantitative estimate of drug-likeness (QED) is 0.481. The molecule has 0 spiro atoms. The minimum absolute atomic E-state index is 0.0107. The molecule has 3 rings (SSSR count). The molecule has 1 aromatic carbocycles. The Morgan fingerprint density at radius 2 is 2.00 bits per heavy atom. The number of halogens is 2. The van der Waals surface area contributed by atoms with Crippen molar-refractivity contribution in [3.8, 4) is 17.4 Å². The summed E-state index contributed by atoms with van der Waals surface area (Å²) in [6.07, 6.45) is 2.62. The summed E-state index contributed by atoms with van der Waals surface area (Å²) in [5.74, 6) is -2.30. The summed E-state index contributed by atoms with van der Waals surface area (Å²) in [6, 6.07) is 7.53. The van der Waals surface area contributed by atoms with E-state index in [2.05, 4.69) is 15.1 Å². The molecule has 7 nitrogen and oxygen atoms in total. The normalized spacial score (nSPS) is 11.2. The lowest BCUT2D eigenvalue weighted by Gasteiger charge is -2.07. The third-order valence-corrected chi connectivity index (χ3v) is 3.53. The molecular formula is C17H13F2N5O2. The van der Waals surface area contributed by atoms with Gasteiger partial charge in [-0.15, -0.1) is 0 Å². The third kappa shape index (κ3) is 3.41. The van der Waals surface area contributed by atoms with Crippen LogP contribution in [0.25, 0.3) is 11.5 Å². The van der Waals surface area contributed by atoms with E-state index in [4.69, 9.17) is 10.5 Å². The standard InChI is InChI=1S/C17H13F2N5O2/c18-11-4-2-1-3-10(11)9-24-15(13(20)5-6-25)7-14(23-24)16-21-8-12(19)17(26)22-16/h1-8,20,25H,9H2,(H,21,22,26)/b6-5-,20-13?. The Labute approximate surface area is 146 Å². The Morgan fingerprint density at radius 3 is 2.69 bits per heavy atom. The second-order valence-electron chi connectivity index (χ2n) is 5.26. The van der Waals surface area contributed by atoms with E-state index in [0.717, 1.165) is 12.3 Å². The number of hydrogen-bond acceptors (Lipinski definition) is 6. The number of aromatic hydroxyl groups is 1. The van der Waals surface area contributed by atoms with Gasteiger partial charge >= 0.3 is 0 Å². The molecule has 0 aliphatic rings. The van der Waals surface area contributed by atoms with Crippen LogP contribution in [0.5, 0.6) is 5.88 Å². The first-order chi connectivity index (χ1) is 12.5. The van der Waals surface area contributed by atoms with E-state index in [1.165, 1.54) is 16.8 Å². The highest BCUT2D eigenvalue weighted by atomic mass is 19.1. The molecule has 132 valence electrons. The highest BCUT2D eigenvalue weighted by Gasteiger charge is 2.17.